The third-order valence-electron chi connectivity index (χ3n) is 4.61. The van der Waals surface area contributed by atoms with Gasteiger partial charge < -0.3 is 4.90 Å². The molecular formula is C22H16F2N4O2. The first-order valence-corrected chi connectivity index (χ1v) is 9.01. The Labute approximate surface area is 170 Å². The molecule has 8 heteroatoms. The number of benzene rings is 2. The van der Waals surface area contributed by atoms with Gasteiger partial charge in [0, 0.05) is 31.3 Å². The highest BCUT2D eigenvalue weighted by molar-refractivity contribution is 5.94. The second-order valence-corrected chi connectivity index (χ2v) is 6.86. The van der Waals surface area contributed by atoms with Gasteiger partial charge in [0.25, 0.3) is 11.5 Å². The predicted octanol–water partition coefficient (Wildman–Crippen LogP) is 3.43. The first-order valence-electron chi connectivity index (χ1n) is 9.01. The Morgan fingerprint density at radius 1 is 1.00 bits per heavy atom. The Balaban J connectivity index is 1.79. The van der Waals surface area contributed by atoms with Crippen molar-refractivity contribution >= 4 is 16.9 Å². The molecule has 0 fully saturated rings. The van der Waals surface area contributed by atoms with Gasteiger partial charge in [0.1, 0.15) is 18.0 Å². The average Bonchev–Trinajstić information content (AvgIpc) is 2.74. The Morgan fingerprint density at radius 2 is 1.73 bits per heavy atom. The minimum atomic E-state index is -0.879. The number of pyridine rings is 1. The molecule has 2 aromatic heterocycles. The van der Waals surface area contributed by atoms with E-state index >= 15 is 0 Å². The summed E-state index contributed by atoms with van der Waals surface area (Å²) in [6.07, 6.45) is 1.18. The molecular weight excluding hydrogens is 390 g/mol. The summed E-state index contributed by atoms with van der Waals surface area (Å²) < 4.78 is 28.3. The lowest BCUT2D eigenvalue weighted by Crippen LogP contribution is -2.21. The predicted molar refractivity (Wildman–Crippen MR) is 109 cm³/mol. The van der Waals surface area contributed by atoms with E-state index in [1.165, 1.54) is 17.3 Å². The molecule has 0 spiro atoms. The van der Waals surface area contributed by atoms with Gasteiger partial charge in [0.05, 0.1) is 16.9 Å². The van der Waals surface area contributed by atoms with Crippen LogP contribution in [-0.2, 0) is 0 Å². The van der Waals surface area contributed by atoms with E-state index in [1.54, 1.807) is 50.5 Å². The summed E-state index contributed by atoms with van der Waals surface area (Å²) in [6, 6.07) is 13.1. The Hall–Kier alpha value is -3.94. The summed E-state index contributed by atoms with van der Waals surface area (Å²) in [6.45, 7) is 0. The zero-order valence-electron chi connectivity index (χ0n) is 16.1. The molecule has 0 N–H and O–H groups in total. The highest BCUT2D eigenvalue weighted by Crippen LogP contribution is 2.20. The van der Waals surface area contributed by atoms with Crippen molar-refractivity contribution in [3.8, 4) is 16.9 Å². The summed E-state index contributed by atoms with van der Waals surface area (Å²) in [4.78, 5) is 35.0. The van der Waals surface area contributed by atoms with Gasteiger partial charge in [-0.3, -0.25) is 14.2 Å². The minimum absolute atomic E-state index is 0.0483. The molecule has 0 saturated heterocycles. The molecule has 0 saturated carbocycles. The Morgan fingerprint density at radius 3 is 2.40 bits per heavy atom. The fraction of sp³-hybridized carbons (Fsp3) is 0.0909. The van der Waals surface area contributed by atoms with Gasteiger partial charge in [-0.05, 0) is 36.4 Å². The SMILES string of the molecule is CN(C)C(=O)c1ccc(-c2ccc3ncn(-c4ccc(F)cc4F)c(=O)c3n2)cc1. The summed E-state index contributed by atoms with van der Waals surface area (Å²) in [5.41, 5.74) is 1.44. The summed E-state index contributed by atoms with van der Waals surface area (Å²) in [5, 5.41) is 0. The van der Waals surface area contributed by atoms with Crippen LogP contribution in [-0.4, -0.2) is 39.4 Å². The number of nitrogens with zero attached hydrogens (tertiary/aromatic N) is 4. The number of carbonyl (C=O) groups excluding carboxylic acids is 1. The highest BCUT2D eigenvalue weighted by Gasteiger charge is 2.13. The van der Waals surface area contributed by atoms with Crippen LogP contribution in [0.25, 0.3) is 28.0 Å². The molecule has 0 unspecified atom stereocenters. The summed E-state index contributed by atoms with van der Waals surface area (Å²) in [7, 11) is 3.34. The molecule has 150 valence electrons. The highest BCUT2D eigenvalue weighted by atomic mass is 19.1. The normalized spacial score (nSPS) is 10.9. The topological polar surface area (TPSA) is 68.1 Å². The third kappa shape index (κ3) is 3.43. The lowest BCUT2D eigenvalue weighted by Gasteiger charge is -2.11. The standard InChI is InChI=1S/C22H16F2N4O2/c1-27(2)21(29)14-5-3-13(4-6-14)17-8-9-18-20(26-17)22(30)28(12-25-18)19-10-7-15(23)11-16(19)24/h3-12H,1-2H3. The second-order valence-electron chi connectivity index (χ2n) is 6.86. The van der Waals surface area contributed by atoms with Crippen LogP contribution < -0.4 is 5.56 Å². The molecule has 0 aliphatic heterocycles. The molecule has 0 atom stereocenters. The quantitative estimate of drug-likeness (QED) is 0.523. The van der Waals surface area contributed by atoms with Crippen molar-refractivity contribution in [1.82, 2.24) is 19.4 Å². The number of fused-ring (bicyclic) bond motifs is 1. The molecule has 2 aromatic carbocycles. The first kappa shape index (κ1) is 19.4. The molecule has 30 heavy (non-hydrogen) atoms. The van der Waals surface area contributed by atoms with Crippen LogP contribution in [0.3, 0.4) is 0 Å². The first-order chi connectivity index (χ1) is 14.3. The van der Waals surface area contributed by atoms with Crippen molar-refractivity contribution in [3.63, 3.8) is 0 Å². The van der Waals surface area contributed by atoms with E-state index in [9.17, 15) is 18.4 Å². The van der Waals surface area contributed by atoms with E-state index in [0.717, 1.165) is 10.6 Å². The van der Waals surface area contributed by atoms with Crippen molar-refractivity contribution in [2.75, 3.05) is 14.1 Å². The van der Waals surface area contributed by atoms with Crippen molar-refractivity contribution < 1.29 is 13.6 Å². The Bertz CT molecular complexity index is 1330. The molecule has 2 heterocycles. The van der Waals surface area contributed by atoms with Gasteiger partial charge in [-0.15, -0.1) is 0 Å². The number of amides is 1. The van der Waals surface area contributed by atoms with Crippen LogP contribution >= 0.6 is 0 Å². The van der Waals surface area contributed by atoms with E-state index < -0.39 is 17.2 Å². The average molecular weight is 406 g/mol. The lowest BCUT2D eigenvalue weighted by atomic mass is 10.1. The van der Waals surface area contributed by atoms with Gasteiger partial charge in [-0.2, -0.15) is 0 Å². The van der Waals surface area contributed by atoms with E-state index in [4.69, 9.17) is 0 Å². The van der Waals surface area contributed by atoms with Crippen LogP contribution in [0.5, 0.6) is 0 Å². The van der Waals surface area contributed by atoms with Crippen molar-refractivity contribution in [2.45, 2.75) is 0 Å². The molecule has 0 aliphatic rings. The molecule has 6 nitrogen and oxygen atoms in total. The van der Waals surface area contributed by atoms with Crippen molar-refractivity contribution in [2.24, 2.45) is 0 Å². The van der Waals surface area contributed by atoms with Gasteiger partial charge in [-0.25, -0.2) is 18.7 Å². The molecule has 0 bridgehead atoms. The van der Waals surface area contributed by atoms with Crippen LogP contribution in [0.1, 0.15) is 10.4 Å². The maximum Gasteiger partial charge on any atom is 0.284 e. The zero-order valence-corrected chi connectivity index (χ0v) is 16.1. The number of hydrogen-bond donors (Lipinski definition) is 0. The smallest absolute Gasteiger partial charge is 0.284 e. The molecule has 0 radical (unpaired) electrons. The lowest BCUT2D eigenvalue weighted by molar-refractivity contribution is 0.0827. The fourth-order valence-corrected chi connectivity index (χ4v) is 3.05. The monoisotopic (exact) mass is 406 g/mol. The Kier molecular flexibility index (Phi) is 4.83. The van der Waals surface area contributed by atoms with E-state index in [-0.39, 0.29) is 17.1 Å². The van der Waals surface area contributed by atoms with Gasteiger partial charge >= 0.3 is 0 Å². The molecule has 4 rings (SSSR count). The van der Waals surface area contributed by atoms with Gasteiger partial charge in [0.15, 0.2) is 5.52 Å². The number of carbonyl (C=O) groups is 1. The largest absolute Gasteiger partial charge is 0.345 e. The minimum Gasteiger partial charge on any atom is -0.345 e. The van der Waals surface area contributed by atoms with E-state index in [1.807, 2.05) is 0 Å². The van der Waals surface area contributed by atoms with Gasteiger partial charge in [-0.1, -0.05) is 12.1 Å². The van der Waals surface area contributed by atoms with E-state index in [2.05, 4.69) is 9.97 Å². The number of hydrogen-bond acceptors (Lipinski definition) is 4. The zero-order chi connectivity index (χ0) is 21.4. The number of aromatic nitrogens is 3. The van der Waals surface area contributed by atoms with Gasteiger partial charge in [0.2, 0.25) is 0 Å². The van der Waals surface area contributed by atoms with E-state index in [0.29, 0.717) is 28.4 Å². The van der Waals surface area contributed by atoms with Crippen molar-refractivity contribution in [1.29, 1.82) is 0 Å². The fourth-order valence-electron chi connectivity index (χ4n) is 3.05. The molecule has 1 amide bonds. The van der Waals surface area contributed by atoms with Crippen molar-refractivity contribution in [3.05, 3.63) is 88.5 Å². The summed E-state index contributed by atoms with van der Waals surface area (Å²) >= 11 is 0. The molecule has 4 aromatic rings. The second kappa shape index (κ2) is 7.47. The molecule has 0 aliphatic carbocycles. The van der Waals surface area contributed by atoms with Crippen LogP contribution in [0.15, 0.2) is 65.7 Å². The van der Waals surface area contributed by atoms with Crippen LogP contribution in [0.4, 0.5) is 8.78 Å². The maximum atomic E-state index is 14.1. The maximum absolute atomic E-state index is 14.1. The third-order valence-corrected chi connectivity index (χ3v) is 4.61. The number of rotatable bonds is 3. The van der Waals surface area contributed by atoms with Crippen LogP contribution in [0.2, 0.25) is 0 Å². The number of halogens is 2. The summed E-state index contributed by atoms with van der Waals surface area (Å²) in [5.74, 6) is -1.74. The van der Waals surface area contributed by atoms with Crippen LogP contribution in [0, 0.1) is 11.6 Å².